The first-order valence-electron chi connectivity index (χ1n) is 9.73. The monoisotopic (exact) mass is 356 g/mol. The van der Waals surface area contributed by atoms with E-state index in [9.17, 15) is 4.79 Å². The van der Waals surface area contributed by atoms with Gasteiger partial charge in [-0.25, -0.2) is 0 Å². The lowest BCUT2D eigenvalue weighted by atomic mass is 9.79. The van der Waals surface area contributed by atoms with E-state index >= 15 is 0 Å². The summed E-state index contributed by atoms with van der Waals surface area (Å²) in [6.45, 7) is 2.26. The standard InChI is InChI=1S/C20H28N4O2/c1-3-4-5-6-14-7-9-15(10-8-14)18-23-20(26-24-18)16-11-12-22-17(13-16)19(25)21-2/h11-15H,3-10H2,1-2H3,(H,21,25). The van der Waals surface area contributed by atoms with E-state index in [0.29, 0.717) is 17.5 Å². The molecule has 0 radical (unpaired) electrons. The molecule has 0 spiro atoms. The van der Waals surface area contributed by atoms with Crippen LogP contribution in [0.1, 0.15) is 80.5 Å². The number of carbonyl (C=O) groups excluding carboxylic acids is 1. The average molecular weight is 356 g/mol. The van der Waals surface area contributed by atoms with Gasteiger partial charge in [0.15, 0.2) is 5.82 Å². The van der Waals surface area contributed by atoms with Crippen LogP contribution < -0.4 is 5.32 Å². The molecule has 0 unspecified atom stereocenters. The molecule has 3 rings (SSSR count). The maximum Gasteiger partial charge on any atom is 0.269 e. The van der Waals surface area contributed by atoms with Crippen LogP contribution in [-0.4, -0.2) is 28.1 Å². The van der Waals surface area contributed by atoms with Crippen molar-refractivity contribution in [2.45, 2.75) is 64.2 Å². The molecular formula is C20H28N4O2. The summed E-state index contributed by atoms with van der Waals surface area (Å²) >= 11 is 0. The maximum absolute atomic E-state index is 11.7. The number of pyridine rings is 1. The first kappa shape index (κ1) is 18.5. The van der Waals surface area contributed by atoms with Gasteiger partial charge < -0.3 is 9.84 Å². The van der Waals surface area contributed by atoms with E-state index in [1.165, 1.54) is 38.5 Å². The Morgan fingerprint density at radius 1 is 1.27 bits per heavy atom. The van der Waals surface area contributed by atoms with Gasteiger partial charge in [0.2, 0.25) is 0 Å². The fraction of sp³-hybridized carbons (Fsp3) is 0.600. The van der Waals surface area contributed by atoms with Crippen LogP contribution in [0.25, 0.3) is 11.5 Å². The third-order valence-electron chi connectivity index (χ3n) is 5.34. The summed E-state index contributed by atoms with van der Waals surface area (Å²) in [7, 11) is 1.58. The quantitative estimate of drug-likeness (QED) is 0.746. The summed E-state index contributed by atoms with van der Waals surface area (Å²) in [5, 5.41) is 6.78. The van der Waals surface area contributed by atoms with Crippen LogP contribution in [0.4, 0.5) is 0 Å². The van der Waals surface area contributed by atoms with Gasteiger partial charge in [-0.2, -0.15) is 4.98 Å². The molecule has 0 saturated heterocycles. The Hall–Kier alpha value is -2.24. The van der Waals surface area contributed by atoms with Crippen LogP contribution in [0.2, 0.25) is 0 Å². The minimum atomic E-state index is -0.229. The number of hydrogen-bond donors (Lipinski definition) is 1. The van der Waals surface area contributed by atoms with Crippen molar-refractivity contribution in [2.75, 3.05) is 7.05 Å². The highest BCUT2D eigenvalue weighted by molar-refractivity contribution is 5.92. The fourth-order valence-electron chi connectivity index (χ4n) is 3.73. The fourth-order valence-corrected chi connectivity index (χ4v) is 3.73. The lowest BCUT2D eigenvalue weighted by Crippen LogP contribution is -2.19. The van der Waals surface area contributed by atoms with Crippen LogP contribution in [-0.2, 0) is 0 Å². The number of unbranched alkanes of at least 4 members (excludes halogenated alkanes) is 2. The molecule has 2 aromatic rings. The number of amides is 1. The van der Waals surface area contributed by atoms with Crippen molar-refractivity contribution in [1.82, 2.24) is 20.4 Å². The zero-order chi connectivity index (χ0) is 18.4. The summed E-state index contributed by atoms with van der Waals surface area (Å²) < 4.78 is 5.46. The molecule has 0 atom stereocenters. The summed E-state index contributed by atoms with van der Waals surface area (Å²) in [4.78, 5) is 20.4. The van der Waals surface area contributed by atoms with Crippen LogP contribution in [0, 0.1) is 5.92 Å². The van der Waals surface area contributed by atoms with Gasteiger partial charge in [0.1, 0.15) is 5.69 Å². The van der Waals surface area contributed by atoms with Crippen LogP contribution in [0.15, 0.2) is 22.9 Å². The van der Waals surface area contributed by atoms with E-state index in [2.05, 4.69) is 27.4 Å². The van der Waals surface area contributed by atoms with Crippen molar-refractivity contribution in [1.29, 1.82) is 0 Å². The SMILES string of the molecule is CCCCCC1CCC(c2noc(-c3ccnc(C(=O)NC)c3)n2)CC1. The van der Waals surface area contributed by atoms with Crippen LogP contribution in [0.5, 0.6) is 0 Å². The van der Waals surface area contributed by atoms with Gasteiger partial charge in [0.25, 0.3) is 11.8 Å². The largest absolute Gasteiger partial charge is 0.354 e. The minimum absolute atomic E-state index is 0.229. The van der Waals surface area contributed by atoms with Gasteiger partial charge in [-0.3, -0.25) is 9.78 Å². The molecule has 0 bridgehead atoms. The summed E-state index contributed by atoms with van der Waals surface area (Å²) in [5.74, 6) is 2.27. The first-order chi connectivity index (χ1) is 12.7. The Labute approximate surface area is 154 Å². The molecular weight excluding hydrogens is 328 g/mol. The molecule has 140 valence electrons. The van der Waals surface area contributed by atoms with Crippen LogP contribution >= 0.6 is 0 Å². The molecule has 2 heterocycles. The van der Waals surface area contributed by atoms with Gasteiger partial charge in [0.05, 0.1) is 0 Å². The first-order valence-corrected chi connectivity index (χ1v) is 9.73. The minimum Gasteiger partial charge on any atom is -0.354 e. The Kier molecular flexibility index (Phi) is 6.36. The third kappa shape index (κ3) is 4.48. The van der Waals surface area contributed by atoms with E-state index in [1.54, 1.807) is 25.4 Å². The predicted octanol–water partition coefficient (Wildman–Crippen LogP) is 4.35. The van der Waals surface area contributed by atoms with Crippen molar-refractivity contribution < 1.29 is 9.32 Å². The van der Waals surface area contributed by atoms with Crippen molar-refractivity contribution >= 4 is 5.91 Å². The normalized spacial score (nSPS) is 20.1. The van der Waals surface area contributed by atoms with E-state index in [1.807, 2.05) is 0 Å². The Morgan fingerprint density at radius 2 is 2.08 bits per heavy atom. The molecule has 6 nitrogen and oxygen atoms in total. The maximum atomic E-state index is 11.7. The van der Waals surface area contributed by atoms with Crippen molar-refractivity contribution in [3.05, 3.63) is 29.8 Å². The van der Waals surface area contributed by atoms with Gasteiger partial charge in [-0.15, -0.1) is 0 Å². The Balaban J connectivity index is 1.61. The molecule has 1 amide bonds. The van der Waals surface area contributed by atoms with Crippen molar-refractivity contribution in [3.63, 3.8) is 0 Å². The van der Waals surface area contributed by atoms with Crippen molar-refractivity contribution in [3.8, 4) is 11.5 Å². The number of aromatic nitrogens is 3. The van der Waals surface area contributed by atoms with E-state index in [0.717, 1.165) is 30.1 Å². The zero-order valence-electron chi connectivity index (χ0n) is 15.7. The molecule has 26 heavy (non-hydrogen) atoms. The van der Waals surface area contributed by atoms with E-state index in [-0.39, 0.29) is 5.91 Å². The smallest absolute Gasteiger partial charge is 0.269 e. The number of rotatable bonds is 7. The van der Waals surface area contributed by atoms with Gasteiger partial charge >= 0.3 is 0 Å². The molecule has 2 aromatic heterocycles. The molecule has 0 aliphatic heterocycles. The van der Waals surface area contributed by atoms with Crippen molar-refractivity contribution in [2.24, 2.45) is 5.92 Å². The molecule has 6 heteroatoms. The molecule has 1 saturated carbocycles. The third-order valence-corrected chi connectivity index (χ3v) is 5.34. The summed E-state index contributed by atoms with van der Waals surface area (Å²) in [6.07, 6.45) is 11.7. The molecule has 1 fully saturated rings. The zero-order valence-corrected chi connectivity index (χ0v) is 15.7. The van der Waals surface area contributed by atoms with E-state index < -0.39 is 0 Å². The predicted molar refractivity (Wildman–Crippen MR) is 99.8 cm³/mol. The molecule has 1 N–H and O–H groups in total. The molecule has 0 aromatic carbocycles. The summed E-state index contributed by atoms with van der Waals surface area (Å²) in [6, 6.07) is 3.47. The number of nitrogens with zero attached hydrogens (tertiary/aromatic N) is 3. The number of hydrogen-bond acceptors (Lipinski definition) is 5. The topological polar surface area (TPSA) is 80.9 Å². The second kappa shape index (κ2) is 8.92. The lowest BCUT2D eigenvalue weighted by molar-refractivity contribution is 0.0958. The Morgan fingerprint density at radius 3 is 2.81 bits per heavy atom. The number of carbonyl (C=O) groups is 1. The molecule has 1 aliphatic rings. The second-order valence-electron chi connectivity index (χ2n) is 7.18. The lowest BCUT2D eigenvalue weighted by Gasteiger charge is -2.26. The highest BCUT2D eigenvalue weighted by Gasteiger charge is 2.26. The van der Waals surface area contributed by atoms with Crippen LogP contribution in [0.3, 0.4) is 0 Å². The Bertz CT molecular complexity index is 720. The van der Waals surface area contributed by atoms with Gasteiger partial charge in [-0.05, 0) is 43.7 Å². The van der Waals surface area contributed by atoms with Gasteiger partial charge in [-0.1, -0.05) is 37.8 Å². The highest BCUT2D eigenvalue weighted by atomic mass is 16.5. The molecule has 1 aliphatic carbocycles. The highest BCUT2D eigenvalue weighted by Crippen LogP contribution is 2.37. The second-order valence-corrected chi connectivity index (χ2v) is 7.18. The number of nitrogens with one attached hydrogen (secondary N) is 1. The average Bonchev–Trinajstić information content (AvgIpc) is 3.18. The summed E-state index contributed by atoms with van der Waals surface area (Å²) in [5.41, 5.74) is 1.07. The van der Waals surface area contributed by atoms with E-state index in [4.69, 9.17) is 4.52 Å². The van der Waals surface area contributed by atoms with Gasteiger partial charge in [0, 0.05) is 24.7 Å².